The standard InChI is InChI=1S/C20H26F2N6O/c1-11-6-13(22)19(26-14-7-23-5-4-12(14)21)27-18(11)15-8-25-17-9-24-16(10-28(15)17)20(2,3)29/h6,8-12,14,18,23,29H,4-5,7H2,1-3H3,(H,26,27). The van der Waals surface area contributed by atoms with Crippen molar-refractivity contribution >= 4 is 11.5 Å². The van der Waals surface area contributed by atoms with Crippen molar-refractivity contribution in [1.82, 2.24) is 25.0 Å². The van der Waals surface area contributed by atoms with Crippen LogP contribution in [-0.4, -0.2) is 50.6 Å². The van der Waals surface area contributed by atoms with Crippen LogP contribution < -0.4 is 10.6 Å². The lowest BCUT2D eigenvalue weighted by Crippen LogP contribution is -2.52. The van der Waals surface area contributed by atoms with E-state index in [0.29, 0.717) is 30.9 Å². The Morgan fingerprint density at radius 3 is 2.83 bits per heavy atom. The Morgan fingerprint density at radius 2 is 2.10 bits per heavy atom. The molecule has 29 heavy (non-hydrogen) atoms. The SMILES string of the molecule is CC1C=C(F)C(NC2CNCCC2F)=NC1c1cnc2cnc(C(C)(C)O)cn12. The van der Waals surface area contributed by atoms with Gasteiger partial charge < -0.3 is 15.7 Å². The molecule has 1 saturated heterocycles. The van der Waals surface area contributed by atoms with Crippen molar-refractivity contribution in [3.8, 4) is 0 Å². The molecular weight excluding hydrogens is 378 g/mol. The highest BCUT2D eigenvalue weighted by Gasteiger charge is 2.31. The third kappa shape index (κ3) is 3.89. The molecule has 4 atom stereocenters. The van der Waals surface area contributed by atoms with E-state index in [1.54, 1.807) is 32.4 Å². The number of imidazole rings is 1. The molecule has 4 heterocycles. The number of alkyl halides is 1. The molecule has 0 aliphatic carbocycles. The normalized spacial score (nSPS) is 28.2. The molecule has 0 bridgehead atoms. The molecule has 9 heteroatoms. The van der Waals surface area contributed by atoms with Crippen LogP contribution in [0.3, 0.4) is 0 Å². The summed E-state index contributed by atoms with van der Waals surface area (Å²) in [6.45, 7) is 6.23. The van der Waals surface area contributed by atoms with E-state index in [-0.39, 0.29) is 11.8 Å². The summed E-state index contributed by atoms with van der Waals surface area (Å²) in [4.78, 5) is 13.2. The summed E-state index contributed by atoms with van der Waals surface area (Å²) < 4.78 is 30.6. The Hall–Kier alpha value is -2.39. The number of fused-ring (bicyclic) bond motifs is 1. The molecule has 4 rings (SSSR count). The zero-order valence-corrected chi connectivity index (χ0v) is 16.7. The predicted molar refractivity (Wildman–Crippen MR) is 106 cm³/mol. The topological polar surface area (TPSA) is 86.8 Å². The number of aliphatic hydroxyl groups is 1. The van der Waals surface area contributed by atoms with Crippen LogP contribution in [0.25, 0.3) is 5.65 Å². The van der Waals surface area contributed by atoms with Crippen LogP contribution in [0, 0.1) is 5.92 Å². The van der Waals surface area contributed by atoms with Crippen molar-refractivity contribution in [3.63, 3.8) is 0 Å². The maximum atomic E-state index is 14.6. The molecule has 4 unspecified atom stereocenters. The number of halogens is 2. The predicted octanol–water partition coefficient (Wildman–Crippen LogP) is 2.19. The first-order chi connectivity index (χ1) is 13.7. The fourth-order valence-corrected chi connectivity index (χ4v) is 3.75. The average Bonchev–Trinajstić information content (AvgIpc) is 3.08. The van der Waals surface area contributed by atoms with Gasteiger partial charge in [0.15, 0.2) is 17.3 Å². The molecule has 0 saturated carbocycles. The fourth-order valence-electron chi connectivity index (χ4n) is 3.75. The van der Waals surface area contributed by atoms with E-state index >= 15 is 0 Å². The van der Waals surface area contributed by atoms with Crippen LogP contribution in [0.5, 0.6) is 0 Å². The van der Waals surface area contributed by atoms with Gasteiger partial charge in [0.05, 0.1) is 29.8 Å². The van der Waals surface area contributed by atoms with Gasteiger partial charge in [-0.25, -0.2) is 13.8 Å². The number of aliphatic imine (C=N–C) groups is 1. The van der Waals surface area contributed by atoms with Crippen molar-refractivity contribution in [2.75, 3.05) is 13.1 Å². The summed E-state index contributed by atoms with van der Waals surface area (Å²) >= 11 is 0. The smallest absolute Gasteiger partial charge is 0.161 e. The van der Waals surface area contributed by atoms with Gasteiger partial charge in [-0.15, -0.1) is 0 Å². The van der Waals surface area contributed by atoms with E-state index in [2.05, 4.69) is 25.6 Å². The van der Waals surface area contributed by atoms with Crippen molar-refractivity contribution in [2.45, 2.75) is 51.0 Å². The van der Waals surface area contributed by atoms with Gasteiger partial charge in [-0.2, -0.15) is 0 Å². The van der Waals surface area contributed by atoms with E-state index < -0.39 is 29.7 Å². The minimum Gasteiger partial charge on any atom is -0.384 e. The molecule has 3 N–H and O–H groups in total. The molecule has 0 spiro atoms. The highest BCUT2D eigenvalue weighted by atomic mass is 19.1. The average molecular weight is 404 g/mol. The van der Waals surface area contributed by atoms with Gasteiger partial charge in [-0.3, -0.25) is 14.4 Å². The van der Waals surface area contributed by atoms with Gasteiger partial charge >= 0.3 is 0 Å². The molecule has 2 aromatic heterocycles. The molecule has 7 nitrogen and oxygen atoms in total. The summed E-state index contributed by atoms with van der Waals surface area (Å²) in [6, 6.07) is -0.928. The lowest BCUT2D eigenvalue weighted by Gasteiger charge is -2.31. The number of dihydropyridines is 1. The summed E-state index contributed by atoms with van der Waals surface area (Å²) in [5.41, 5.74) is 0.743. The molecular formula is C20H26F2N6O. The summed E-state index contributed by atoms with van der Waals surface area (Å²) in [7, 11) is 0. The zero-order valence-electron chi connectivity index (χ0n) is 16.7. The van der Waals surface area contributed by atoms with Gasteiger partial charge in [0.1, 0.15) is 17.8 Å². The van der Waals surface area contributed by atoms with Crippen molar-refractivity contribution in [1.29, 1.82) is 0 Å². The van der Waals surface area contributed by atoms with Crippen LogP contribution in [-0.2, 0) is 5.60 Å². The monoisotopic (exact) mass is 404 g/mol. The quantitative estimate of drug-likeness (QED) is 0.730. The molecule has 1 fully saturated rings. The van der Waals surface area contributed by atoms with Crippen LogP contribution >= 0.6 is 0 Å². The second-order valence-corrected chi connectivity index (χ2v) is 8.30. The van der Waals surface area contributed by atoms with E-state index in [1.807, 2.05) is 11.3 Å². The number of amidine groups is 1. The number of piperidine rings is 1. The molecule has 2 aliphatic rings. The minimum atomic E-state index is -1.11. The number of aromatic nitrogens is 3. The van der Waals surface area contributed by atoms with Crippen LogP contribution in [0.2, 0.25) is 0 Å². The third-order valence-corrected chi connectivity index (χ3v) is 5.48. The molecule has 0 aromatic carbocycles. The first kappa shape index (κ1) is 19.9. The van der Waals surface area contributed by atoms with E-state index in [0.717, 1.165) is 5.69 Å². The Morgan fingerprint density at radius 1 is 1.31 bits per heavy atom. The Bertz CT molecular complexity index is 964. The first-order valence-electron chi connectivity index (χ1n) is 9.86. The number of hydrogen-bond donors (Lipinski definition) is 3. The Labute approximate surface area is 168 Å². The largest absolute Gasteiger partial charge is 0.384 e. The molecule has 0 amide bonds. The fraction of sp³-hybridized carbons (Fsp3) is 0.550. The summed E-state index contributed by atoms with van der Waals surface area (Å²) in [5.74, 6) is -0.625. The van der Waals surface area contributed by atoms with Gasteiger partial charge in [-0.05, 0) is 32.9 Å². The summed E-state index contributed by atoms with van der Waals surface area (Å²) in [5, 5.41) is 16.3. The Balaban J connectivity index is 1.69. The van der Waals surface area contributed by atoms with Crippen molar-refractivity contribution in [2.24, 2.45) is 10.9 Å². The number of hydrogen-bond acceptors (Lipinski definition) is 6. The van der Waals surface area contributed by atoms with Crippen LogP contribution in [0.15, 0.2) is 35.5 Å². The maximum Gasteiger partial charge on any atom is 0.161 e. The van der Waals surface area contributed by atoms with Gasteiger partial charge in [0, 0.05) is 18.7 Å². The van der Waals surface area contributed by atoms with Crippen LogP contribution in [0.1, 0.15) is 44.6 Å². The lowest BCUT2D eigenvalue weighted by molar-refractivity contribution is 0.0733. The first-order valence-corrected chi connectivity index (χ1v) is 9.86. The summed E-state index contributed by atoms with van der Waals surface area (Å²) in [6.07, 6.45) is 5.83. The van der Waals surface area contributed by atoms with E-state index in [9.17, 15) is 13.9 Å². The van der Waals surface area contributed by atoms with E-state index in [4.69, 9.17) is 0 Å². The molecule has 0 radical (unpaired) electrons. The molecule has 2 aromatic rings. The second kappa shape index (κ2) is 7.46. The number of nitrogens with one attached hydrogen (secondary N) is 2. The highest BCUT2D eigenvalue weighted by Crippen LogP contribution is 2.33. The lowest BCUT2D eigenvalue weighted by atomic mass is 9.96. The highest BCUT2D eigenvalue weighted by molar-refractivity contribution is 5.97. The van der Waals surface area contributed by atoms with E-state index in [1.165, 1.54) is 6.08 Å². The van der Waals surface area contributed by atoms with Gasteiger partial charge in [0.2, 0.25) is 0 Å². The van der Waals surface area contributed by atoms with Crippen molar-refractivity contribution < 1.29 is 13.9 Å². The van der Waals surface area contributed by atoms with Crippen molar-refractivity contribution in [3.05, 3.63) is 41.9 Å². The second-order valence-electron chi connectivity index (χ2n) is 8.30. The maximum absolute atomic E-state index is 14.6. The third-order valence-electron chi connectivity index (χ3n) is 5.48. The minimum absolute atomic E-state index is 0.0659. The zero-order chi connectivity index (χ0) is 20.8. The van der Waals surface area contributed by atoms with Gasteiger partial charge in [0.25, 0.3) is 0 Å². The number of nitrogens with zero attached hydrogens (tertiary/aromatic N) is 4. The Kier molecular flexibility index (Phi) is 5.12. The van der Waals surface area contributed by atoms with Crippen LogP contribution in [0.4, 0.5) is 8.78 Å². The molecule has 2 aliphatic heterocycles. The molecule has 156 valence electrons. The van der Waals surface area contributed by atoms with Gasteiger partial charge in [-0.1, -0.05) is 6.92 Å². The number of rotatable bonds is 3.